The smallest absolute Gasteiger partial charge is 0.417 e. The molecule has 8 nitrogen and oxygen atoms in total. The third kappa shape index (κ3) is 9.50. The van der Waals surface area contributed by atoms with E-state index in [2.05, 4.69) is 15.1 Å². The summed E-state index contributed by atoms with van der Waals surface area (Å²) in [7, 11) is 1.47. The number of benzene rings is 1. The first-order chi connectivity index (χ1) is 21.8. The highest BCUT2D eigenvalue weighted by Gasteiger charge is 2.38. The number of aliphatic carboxylic acids is 1. The lowest BCUT2D eigenvalue weighted by Crippen LogP contribution is -2.34. The molecule has 0 atom stereocenters. The van der Waals surface area contributed by atoms with Gasteiger partial charge < -0.3 is 14.9 Å². The van der Waals surface area contributed by atoms with Gasteiger partial charge in [0.15, 0.2) is 0 Å². The van der Waals surface area contributed by atoms with Crippen LogP contribution in [0, 0.1) is 11.8 Å². The Morgan fingerprint density at radius 1 is 0.830 bits per heavy atom. The fraction of sp³-hybridized carbons (Fsp3) is 0.533. The molecule has 0 unspecified atom stereocenters. The van der Waals surface area contributed by atoms with Crippen LogP contribution in [0.25, 0.3) is 0 Å². The van der Waals surface area contributed by atoms with Crippen LogP contribution in [-0.4, -0.2) is 43.9 Å². The fourth-order valence-corrected chi connectivity index (χ4v) is 5.81. The molecular weight excluding hydrogens is 647 g/mol. The lowest BCUT2D eigenvalue weighted by atomic mass is 9.80. The minimum Gasteiger partial charge on any atom is -0.481 e. The molecule has 1 saturated carbocycles. The molecule has 1 aromatic carbocycles. The standard InChI is InChI=1S/C30H33F9N6O2/c1-3-44(14-19-6-4-18(5-7-19)10-25(46)47)26-21(11-24(13-40-26)30(37,38)39)16-45(27-41-17-43(2)42-27)15-20-8-22(28(31,32)33)12-23(9-20)29(34,35)36/h8-9,11-13,17-19H,3-7,10,14-16H2,1-2H3,(H,46,47)/t18-,19-. The SMILES string of the molecule is CCN(C[C@H]1CC[C@H](CC(=O)O)CC1)c1ncc(C(F)(F)F)cc1CN(Cc1cc(C(F)(F)F)cc(C(F)(F)F)c1)c1ncn(C)n1. The molecule has 47 heavy (non-hydrogen) atoms. The van der Waals surface area contributed by atoms with Gasteiger partial charge in [0.05, 0.1) is 16.7 Å². The normalized spacial score (nSPS) is 17.5. The van der Waals surface area contributed by atoms with Crippen molar-refractivity contribution < 1.29 is 49.4 Å². The maximum atomic E-state index is 13.9. The first kappa shape index (κ1) is 35.8. The van der Waals surface area contributed by atoms with E-state index in [1.54, 1.807) is 11.8 Å². The van der Waals surface area contributed by atoms with E-state index in [9.17, 15) is 44.3 Å². The number of aromatic nitrogens is 4. The maximum Gasteiger partial charge on any atom is 0.417 e. The maximum absolute atomic E-state index is 13.9. The highest BCUT2D eigenvalue weighted by molar-refractivity contribution is 5.67. The Bertz CT molecular complexity index is 1500. The number of hydrogen-bond donors (Lipinski definition) is 1. The predicted octanol–water partition coefficient (Wildman–Crippen LogP) is 7.58. The molecule has 17 heteroatoms. The van der Waals surface area contributed by atoms with E-state index < -0.39 is 59.8 Å². The molecule has 1 aliphatic rings. The number of anilines is 2. The lowest BCUT2D eigenvalue weighted by molar-refractivity contribution is -0.143. The van der Waals surface area contributed by atoms with Crippen LogP contribution >= 0.6 is 0 Å². The summed E-state index contributed by atoms with van der Waals surface area (Å²) in [4.78, 5) is 22.3. The second-order valence-electron chi connectivity index (χ2n) is 11.7. The Kier molecular flexibility index (Phi) is 10.6. The molecule has 0 aliphatic heterocycles. The third-order valence-electron chi connectivity index (χ3n) is 8.11. The summed E-state index contributed by atoms with van der Waals surface area (Å²) in [6, 6.07) is 1.96. The van der Waals surface area contributed by atoms with Crippen LogP contribution in [0.3, 0.4) is 0 Å². The van der Waals surface area contributed by atoms with Crippen molar-refractivity contribution in [2.75, 3.05) is 22.9 Å². The average Bonchev–Trinajstić information content (AvgIpc) is 3.41. The molecule has 1 fully saturated rings. The molecular formula is C30H33F9N6O2. The van der Waals surface area contributed by atoms with Gasteiger partial charge in [-0.15, -0.1) is 5.10 Å². The van der Waals surface area contributed by atoms with Gasteiger partial charge in [0, 0.05) is 51.4 Å². The summed E-state index contributed by atoms with van der Waals surface area (Å²) in [5.74, 6) is -0.729. The molecule has 1 aliphatic carbocycles. The zero-order valence-corrected chi connectivity index (χ0v) is 25.4. The average molecular weight is 681 g/mol. The summed E-state index contributed by atoms with van der Waals surface area (Å²) >= 11 is 0. The number of aryl methyl sites for hydroxylation is 1. The van der Waals surface area contributed by atoms with Crippen molar-refractivity contribution in [1.82, 2.24) is 19.7 Å². The second-order valence-corrected chi connectivity index (χ2v) is 11.7. The number of halogens is 9. The monoisotopic (exact) mass is 680 g/mol. The van der Waals surface area contributed by atoms with E-state index >= 15 is 0 Å². The topological polar surface area (TPSA) is 87.4 Å². The van der Waals surface area contributed by atoms with Crippen LogP contribution in [0.5, 0.6) is 0 Å². The van der Waals surface area contributed by atoms with Crippen molar-refractivity contribution in [1.29, 1.82) is 0 Å². The Hall–Kier alpha value is -4.05. The van der Waals surface area contributed by atoms with E-state index in [0.717, 1.165) is 6.07 Å². The first-order valence-electron chi connectivity index (χ1n) is 14.7. The molecule has 0 bridgehead atoms. The molecule has 0 saturated heterocycles. The van der Waals surface area contributed by atoms with Crippen molar-refractivity contribution in [3.63, 3.8) is 0 Å². The molecule has 1 N–H and O–H groups in total. The van der Waals surface area contributed by atoms with Crippen LogP contribution in [0.2, 0.25) is 0 Å². The van der Waals surface area contributed by atoms with Crippen LogP contribution in [-0.2, 0) is 43.5 Å². The summed E-state index contributed by atoms with van der Waals surface area (Å²) in [5.41, 5.74) is -4.56. The van der Waals surface area contributed by atoms with E-state index in [-0.39, 0.29) is 41.7 Å². The van der Waals surface area contributed by atoms with Gasteiger partial charge in [-0.05, 0) is 74.3 Å². The molecule has 0 spiro atoms. The summed E-state index contributed by atoms with van der Waals surface area (Å²) in [5, 5.41) is 13.2. The molecule has 0 radical (unpaired) electrons. The van der Waals surface area contributed by atoms with Gasteiger partial charge in [0.2, 0.25) is 5.95 Å². The van der Waals surface area contributed by atoms with Gasteiger partial charge in [-0.2, -0.15) is 39.5 Å². The Balaban J connectivity index is 1.72. The molecule has 3 aromatic rings. The highest BCUT2D eigenvalue weighted by atomic mass is 19.4. The van der Waals surface area contributed by atoms with Crippen molar-refractivity contribution in [2.24, 2.45) is 18.9 Å². The number of nitrogens with zero attached hydrogens (tertiary/aromatic N) is 6. The third-order valence-corrected chi connectivity index (χ3v) is 8.11. The van der Waals surface area contributed by atoms with E-state index in [0.29, 0.717) is 57.1 Å². The summed E-state index contributed by atoms with van der Waals surface area (Å²) in [6.07, 6.45) is -10.3. The largest absolute Gasteiger partial charge is 0.481 e. The number of hydrogen-bond acceptors (Lipinski definition) is 6. The highest BCUT2D eigenvalue weighted by Crippen LogP contribution is 2.38. The summed E-state index contributed by atoms with van der Waals surface area (Å²) in [6.45, 7) is 1.46. The van der Waals surface area contributed by atoms with Crippen LogP contribution in [0.4, 0.5) is 51.3 Å². The molecule has 0 amide bonds. The molecule has 258 valence electrons. The van der Waals surface area contributed by atoms with Crippen LogP contribution < -0.4 is 9.80 Å². The first-order valence-corrected chi connectivity index (χ1v) is 14.7. The zero-order valence-electron chi connectivity index (χ0n) is 25.4. The van der Waals surface area contributed by atoms with Crippen molar-refractivity contribution in [3.05, 3.63) is 64.6 Å². The quantitative estimate of drug-likeness (QED) is 0.209. The molecule has 2 aromatic heterocycles. The minimum absolute atomic E-state index is 0.00402. The number of alkyl halides is 9. The predicted molar refractivity (Wildman–Crippen MR) is 152 cm³/mol. The summed E-state index contributed by atoms with van der Waals surface area (Å²) < 4.78 is 124. The molecule has 4 rings (SSSR count). The Morgan fingerprint density at radius 3 is 1.89 bits per heavy atom. The van der Waals surface area contributed by atoms with Gasteiger partial charge in [0.25, 0.3) is 0 Å². The number of pyridine rings is 1. The number of carbonyl (C=O) groups is 1. The van der Waals surface area contributed by atoms with Gasteiger partial charge in [-0.3, -0.25) is 9.48 Å². The second kappa shape index (κ2) is 14.0. The van der Waals surface area contributed by atoms with Crippen LogP contribution in [0.1, 0.15) is 66.8 Å². The fourth-order valence-electron chi connectivity index (χ4n) is 5.81. The lowest BCUT2D eigenvalue weighted by Gasteiger charge is -2.34. The number of carboxylic acid groups (broad SMARTS) is 1. The van der Waals surface area contributed by atoms with Gasteiger partial charge >= 0.3 is 24.5 Å². The van der Waals surface area contributed by atoms with E-state index in [1.165, 1.54) is 23.0 Å². The molecule has 2 heterocycles. The Morgan fingerprint density at radius 2 is 1.40 bits per heavy atom. The van der Waals surface area contributed by atoms with Crippen molar-refractivity contribution in [2.45, 2.75) is 70.6 Å². The van der Waals surface area contributed by atoms with Crippen molar-refractivity contribution >= 4 is 17.7 Å². The van der Waals surface area contributed by atoms with Crippen molar-refractivity contribution in [3.8, 4) is 0 Å². The Labute approximate surface area is 264 Å². The number of carboxylic acids is 1. The van der Waals surface area contributed by atoms with Crippen LogP contribution in [0.15, 0.2) is 36.8 Å². The zero-order chi connectivity index (χ0) is 34.7. The van der Waals surface area contributed by atoms with Gasteiger partial charge in [-0.1, -0.05) is 0 Å². The van der Waals surface area contributed by atoms with Gasteiger partial charge in [0.1, 0.15) is 12.1 Å². The minimum atomic E-state index is -5.10. The van der Waals surface area contributed by atoms with Gasteiger partial charge in [-0.25, -0.2) is 9.97 Å². The van der Waals surface area contributed by atoms with E-state index in [4.69, 9.17) is 5.11 Å². The van der Waals surface area contributed by atoms with E-state index in [1.807, 2.05) is 0 Å². The number of rotatable bonds is 11.